The zero-order valence-electron chi connectivity index (χ0n) is 11.5. The Kier molecular flexibility index (Phi) is 3.06. The summed E-state index contributed by atoms with van der Waals surface area (Å²) < 4.78 is 5.26. The Bertz CT molecular complexity index is 667. The largest absolute Gasteiger partial charge is 0.497 e. The van der Waals surface area contributed by atoms with Crippen molar-refractivity contribution < 1.29 is 9.53 Å². The molecule has 4 heteroatoms. The zero-order chi connectivity index (χ0) is 14.1. The van der Waals surface area contributed by atoms with Crippen LogP contribution in [0, 0.1) is 0 Å². The molecule has 2 aromatic rings. The minimum Gasteiger partial charge on any atom is -0.497 e. The second-order valence-corrected chi connectivity index (χ2v) is 4.86. The monoisotopic (exact) mass is 268 g/mol. The molecule has 1 aliphatic heterocycles. The second-order valence-electron chi connectivity index (χ2n) is 4.86. The fourth-order valence-electron chi connectivity index (χ4n) is 2.44. The van der Waals surface area contributed by atoms with Crippen molar-refractivity contribution in [3.63, 3.8) is 0 Å². The van der Waals surface area contributed by atoms with Crippen LogP contribution in [-0.4, -0.2) is 25.1 Å². The number of benzene rings is 2. The molecule has 20 heavy (non-hydrogen) atoms. The maximum Gasteiger partial charge on any atom is 0.321 e. The summed E-state index contributed by atoms with van der Waals surface area (Å²) in [6.45, 7) is 0.624. The van der Waals surface area contributed by atoms with E-state index >= 15 is 0 Å². The average molecular weight is 268 g/mol. The number of carbonyl (C=O) groups excluding carboxylic acids is 1. The highest BCUT2D eigenvalue weighted by atomic mass is 16.5. The number of anilines is 1. The lowest BCUT2D eigenvalue weighted by Crippen LogP contribution is -2.35. The first-order valence-electron chi connectivity index (χ1n) is 6.47. The number of hydrogen-bond acceptors (Lipinski definition) is 2. The van der Waals surface area contributed by atoms with Crippen LogP contribution in [0.1, 0.15) is 5.56 Å². The minimum absolute atomic E-state index is 0.0761. The first-order chi connectivity index (χ1) is 9.69. The Morgan fingerprint density at radius 2 is 2.00 bits per heavy atom. The zero-order valence-corrected chi connectivity index (χ0v) is 11.5. The van der Waals surface area contributed by atoms with Gasteiger partial charge in [0.1, 0.15) is 5.75 Å². The summed E-state index contributed by atoms with van der Waals surface area (Å²) in [6, 6.07) is 13.8. The van der Waals surface area contributed by atoms with Crippen molar-refractivity contribution >= 4 is 11.7 Å². The van der Waals surface area contributed by atoms with Gasteiger partial charge in [0, 0.05) is 19.2 Å². The lowest BCUT2D eigenvalue weighted by Gasteiger charge is -2.27. The molecule has 0 spiro atoms. The van der Waals surface area contributed by atoms with E-state index in [9.17, 15) is 4.79 Å². The van der Waals surface area contributed by atoms with E-state index in [4.69, 9.17) is 4.74 Å². The summed E-state index contributed by atoms with van der Waals surface area (Å²) in [5.74, 6) is 0.805. The van der Waals surface area contributed by atoms with Gasteiger partial charge in [-0.15, -0.1) is 0 Å². The summed E-state index contributed by atoms with van der Waals surface area (Å²) in [6.07, 6.45) is 0. The Labute approximate surface area is 118 Å². The van der Waals surface area contributed by atoms with E-state index < -0.39 is 0 Å². The molecule has 0 fully saturated rings. The van der Waals surface area contributed by atoms with Gasteiger partial charge >= 0.3 is 6.03 Å². The third kappa shape index (κ3) is 2.09. The average Bonchev–Trinajstić information content (AvgIpc) is 2.48. The van der Waals surface area contributed by atoms with Gasteiger partial charge in [0.25, 0.3) is 0 Å². The van der Waals surface area contributed by atoms with Crippen molar-refractivity contribution in [3.8, 4) is 16.9 Å². The Morgan fingerprint density at radius 3 is 2.80 bits per heavy atom. The molecule has 0 aliphatic carbocycles. The molecule has 2 amide bonds. The van der Waals surface area contributed by atoms with E-state index in [1.807, 2.05) is 42.5 Å². The molecule has 102 valence electrons. The normalized spacial score (nSPS) is 13.7. The molecule has 0 unspecified atom stereocenters. The number of rotatable bonds is 2. The molecule has 2 aromatic carbocycles. The van der Waals surface area contributed by atoms with E-state index in [2.05, 4.69) is 5.32 Å². The van der Waals surface area contributed by atoms with Gasteiger partial charge < -0.3 is 15.0 Å². The minimum atomic E-state index is -0.0761. The molecule has 0 atom stereocenters. The Morgan fingerprint density at radius 1 is 1.20 bits per heavy atom. The van der Waals surface area contributed by atoms with Crippen LogP contribution < -0.4 is 10.1 Å². The summed E-state index contributed by atoms with van der Waals surface area (Å²) in [4.78, 5) is 13.5. The molecule has 3 rings (SSSR count). The quantitative estimate of drug-likeness (QED) is 0.907. The van der Waals surface area contributed by atoms with E-state index in [1.165, 1.54) is 0 Å². The van der Waals surface area contributed by atoms with Gasteiger partial charge in [-0.3, -0.25) is 0 Å². The molecule has 0 saturated carbocycles. The van der Waals surface area contributed by atoms with Crippen molar-refractivity contribution in [1.82, 2.24) is 4.90 Å². The molecule has 1 aliphatic rings. The van der Waals surface area contributed by atoms with Crippen molar-refractivity contribution in [2.24, 2.45) is 0 Å². The van der Waals surface area contributed by atoms with Crippen LogP contribution in [0.2, 0.25) is 0 Å². The van der Waals surface area contributed by atoms with Crippen LogP contribution in [0.25, 0.3) is 11.1 Å². The van der Waals surface area contributed by atoms with Crippen molar-refractivity contribution in [3.05, 3.63) is 48.0 Å². The van der Waals surface area contributed by atoms with E-state index in [0.717, 1.165) is 28.1 Å². The standard InChI is InChI=1S/C16H16N2O2/c1-18-10-12-6-4-8-14(15(12)17-16(18)19)11-5-3-7-13(9-11)20-2/h3-9H,10H2,1-2H3,(H,17,19). The van der Waals surface area contributed by atoms with Gasteiger partial charge in [0.15, 0.2) is 0 Å². The number of para-hydroxylation sites is 1. The molecule has 0 saturated heterocycles. The van der Waals surface area contributed by atoms with Crippen LogP contribution in [0.5, 0.6) is 5.75 Å². The third-order valence-electron chi connectivity index (χ3n) is 3.52. The van der Waals surface area contributed by atoms with E-state index in [0.29, 0.717) is 6.54 Å². The van der Waals surface area contributed by atoms with E-state index in [-0.39, 0.29) is 6.03 Å². The number of nitrogens with one attached hydrogen (secondary N) is 1. The number of amides is 2. The molecular weight excluding hydrogens is 252 g/mol. The summed E-state index contributed by atoms with van der Waals surface area (Å²) in [5, 5.41) is 2.96. The predicted molar refractivity (Wildman–Crippen MR) is 78.9 cm³/mol. The number of nitrogens with zero attached hydrogens (tertiary/aromatic N) is 1. The van der Waals surface area contributed by atoms with Crippen LogP contribution in [0.3, 0.4) is 0 Å². The van der Waals surface area contributed by atoms with Crippen LogP contribution in [0.4, 0.5) is 10.5 Å². The smallest absolute Gasteiger partial charge is 0.321 e. The first kappa shape index (κ1) is 12.5. The number of carbonyl (C=O) groups is 1. The topological polar surface area (TPSA) is 41.6 Å². The molecule has 0 bridgehead atoms. The highest BCUT2D eigenvalue weighted by molar-refractivity contribution is 5.97. The van der Waals surface area contributed by atoms with Gasteiger partial charge in [0.2, 0.25) is 0 Å². The molecule has 0 radical (unpaired) electrons. The second kappa shape index (κ2) is 4.89. The van der Waals surface area contributed by atoms with Crippen molar-refractivity contribution in [2.45, 2.75) is 6.54 Å². The lowest BCUT2D eigenvalue weighted by molar-refractivity contribution is 0.218. The molecule has 4 nitrogen and oxygen atoms in total. The molecule has 1 N–H and O–H groups in total. The lowest BCUT2D eigenvalue weighted by atomic mass is 9.98. The summed E-state index contributed by atoms with van der Waals surface area (Å²) in [5.41, 5.74) is 4.06. The maximum absolute atomic E-state index is 11.9. The fourth-order valence-corrected chi connectivity index (χ4v) is 2.44. The number of urea groups is 1. The fraction of sp³-hybridized carbons (Fsp3) is 0.188. The summed E-state index contributed by atoms with van der Waals surface area (Å²) in [7, 11) is 3.44. The molecule has 0 aromatic heterocycles. The maximum atomic E-state index is 11.9. The van der Waals surface area contributed by atoms with E-state index in [1.54, 1.807) is 19.1 Å². The third-order valence-corrected chi connectivity index (χ3v) is 3.52. The highest BCUT2D eigenvalue weighted by Crippen LogP contribution is 2.35. The number of ether oxygens (including phenoxy) is 1. The first-order valence-corrected chi connectivity index (χ1v) is 6.47. The van der Waals surface area contributed by atoms with Crippen molar-refractivity contribution in [2.75, 3.05) is 19.5 Å². The highest BCUT2D eigenvalue weighted by Gasteiger charge is 2.21. The Balaban J connectivity index is 2.11. The Hall–Kier alpha value is -2.49. The van der Waals surface area contributed by atoms with Crippen LogP contribution >= 0.6 is 0 Å². The molecule has 1 heterocycles. The van der Waals surface area contributed by atoms with Gasteiger partial charge in [-0.05, 0) is 23.3 Å². The number of hydrogen-bond donors (Lipinski definition) is 1. The van der Waals surface area contributed by atoms with Gasteiger partial charge in [0.05, 0.1) is 12.8 Å². The van der Waals surface area contributed by atoms with Gasteiger partial charge in [-0.25, -0.2) is 4.79 Å². The van der Waals surface area contributed by atoms with Gasteiger partial charge in [-0.2, -0.15) is 0 Å². The van der Waals surface area contributed by atoms with Crippen molar-refractivity contribution in [1.29, 1.82) is 0 Å². The van der Waals surface area contributed by atoms with Crippen LogP contribution in [0.15, 0.2) is 42.5 Å². The number of fused-ring (bicyclic) bond motifs is 1. The SMILES string of the molecule is COc1cccc(-c2cccc3c2NC(=O)N(C)C3)c1. The molecular formula is C16H16N2O2. The number of methoxy groups -OCH3 is 1. The van der Waals surface area contributed by atoms with Gasteiger partial charge in [-0.1, -0.05) is 30.3 Å². The van der Waals surface area contributed by atoms with Crippen LogP contribution in [-0.2, 0) is 6.54 Å². The summed E-state index contributed by atoms with van der Waals surface area (Å²) >= 11 is 0. The predicted octanol–water partition coefficient (Wildman–Crippen LogP) is 3.34.